The molecule has 1 fully saturated rings. The molecule has 8 nitrogen and oxygen atoms in total. The smallest absolute Gasteiger partial charge is 0.246 e. The molecule has 0 radical (unpaired) electrons. The number of hydrogen-bond acceptors (Lipinski definition) is 7. The fraction of sp³-hybridized carbons (Fsp3) is 0.350. The number of carbonyl (C=O) groups excluding carboxylic acids is 1. The van der Waals surface area contributed by atoms with Crippen LogP contribution in [0.4, 0.5) is 5.82 Å². The van der Waals surface area contributed by atoms with Crippen LogP contribution in [0.2, 0.25) is 0 Å². The maximum atomic E-state index is 12.5. The number of piperazine rings is 1. The molecular formula is C20H24N4O4. The number of amides is 1. The molecule has 0 atom stereocenters. The van der Waals surface area contributed by atoms with E-state index in [1.807, 2.05) is 29.2 Å². The Morgan fingerprint density at radius 1 is 0.929 bits per heavy atom. The molecule has 8 heteroatoms. The van der Waals surface area contributed by atoms with E-state index < -0.39 is 0 Å². The molecule has 0 unspecified atom stereocenters. The standard InChI is InChI=1S/C20H24N4O4/c1-26-16-6-4-15(14-17(16)27-2)5-9-20(25)24-12-10-23(11-13-24)18-7-8-19(28-3)22-21-18/h4-9,14H,10-13H2,1-3H3. The van der Waals surface area contributed by atoms with Crippen molar-refractivity contribution in [2.45, 2.75) is 0 Å². The lowest BCUT2D eigenvalue weighted by Gasteiger charge is -2.34. The van der Waals surface area contributed by atoms with Gasteiger partial charge in [0.05, 0.1) is 21.3 Å². The number of methoxy groups -OCH3 is 3. The lowest BCUT2D eigenvalue weighted by Crippen LogP contribution is -2.48. The van der Waals surface area contributed by atoms with Gasteiger partial charge in [-0.1, -0.05) is 6.07 Å². The van der Waals surface area contributed by atoms with E-state index in [-0.39, 0.29) is 5.91 Å². The molecule has 148 valence electrons. The van der Waals surface area contributed by atoms with E-state index >= 15 is 0 Å². The first-order valence-corrected chi connectivity index (χ1v) is 8.96. The zero-order valence-corrected chi connectivity index (χ0v) is 16.3. The minimum absolute atomic E-state index is 0.0183. The zero-order chi connectivity index (χ0) is 19.9. The normalized spacial score (nSPS) is 14.2. The SMILES string of the molecule is COc1ccc(N2CCN(C(=O)C=Cc3ccc(OC)c(OC)c3)CC2)nn1. The third-order valence-electron chi connectivity index (χ3n) is 4.58. The molecule has 0 saturated carbocycles. The van der Waals surface area contributed by atoms with Crippen molar-refractivity contribution in [3.8, 4) is 17.4 Å². The summed E-state index contributed by atoms with van der Waals surface area (Å²) >= 11 is 0. The molecule has 2 aromatic rings. The molecule has 0 aliphatic carbocycles. The Morgan fingerprint density at radius 3 is 2.29 bits per heavy atom. The highest BCUT2D eigenvalue weighted by molar-refractivity contribution is 5.92. The molecule has 1 aromatic carbocycles. The molecule has 1 aromatic heterocycles. The van der Waals surface area contributed by atoms with Gasteiger partial charge in [0.1, 0.15) is 0 Å². The van der Waals surface area contributed by atoms with E-state index in [1.165, 1.54) is 0 Å². The minimum atomic E-state index is -0.0183. The van der Waals surface area contributed by atoms with Crippen LogP contribution in [0.5, 0.6) is 17.4 Å². The molecule has 3 rings (SSSR count). The lowest BCUT2D eigenvalue weighted by atomic mass is 10.2. The van der Waals surface area contributed by atoms with Crippen LogP contribution in [-0.4, -0.2) is 68.5 Å². The number of aromatic nitrogens is 2. The number of ether oxygens (including phenoxy) is 3. The summed E-state index contributed by atoms with van der Waals surface area (Å²) in [5.74, 6) is 2.54. The highest BCUT2D eigenvalue weighted by atomic mass is 16.5. The monoisotopic (exact) mass is 384 g/mol. The number of rotatable bonds is 6. The molecule has 28 heavy (non-hydrogen) atoms. The molecule has 1 saturated heterocycles. The Labute approximate surface area is 164 Å². The summed E-state index contributed by atoms with van der Waals surface area (Å²) in [6.45, 7) is 2.67. The summed E-state index contributed by atoms with van der Waals surface area (Å²) < 4.78 is 15.5. The Bertz CT molecular complexity index is 831. The Balaban J connectivity index is 1.56. The van der Waals surface area contributed by atoms with Gasteiger partial charge in [0, 0.05) is 38.3 Å². The predicted molar refractivity (Wildman–Crippen MR) is 106 cm³/mol. The molecule has 0 spiro atoms. The van der Waals surface area contributed by atoms with Crippen LogP contribution in [0.3, 0.4) is 0 Å². The van der Waals surface area contributed by atoms with Crippen LogP contribution in [-0.2, 0) is 4.79 Å². The van der Waals surface area contributed by atoms with E-state index in [1.54, 1.807) is 39.5 Å². The van der Waals surface area contributed by atoms with Crippen LogP contribution >= 0.6 is 0 Å². The summed E-state index contributed by atoms with van der Waals surface area (Å²) in [6.07, 6.45) is 3.37. The first kappa shape index (κ1) is 19.5. The second-order valence-corrected chi connectivity index (χ2v) is 6.19. The van der Waals surface area contributed by atoms with Crippen molar-refractivity contribution in [3.05, 3.63) is 42.0 Å². The van der Waals surface area contributed by atoms with Gasteiger partial charge >= 0.3 is 0 Å². The Morgan fingerprint density at radius 2 is 1.68 bits per heavy atom. The first-order valence-electron chi connectivity index (χ1n) is 8.96. The second-order valence-electron chi connectivity index (χ2n) is 6.19. The van der Waals surface area contributed by atoms with Gasteiger partial charge in [-0.3, -0.25) is 4.79 Å². The molecule has 0 bridgehead atoms. The van der Waals surface area contributed by atoms with Crippen LogP contribution < -0.4 is 19.1 Å². The average Bonchev–Trinajstić information content (AvgIpc) is 2.77. The fourth-order valence-electron chi connectivity index (χ4n) is 2.98. The maximum absolute atomic E-state index is 12.5. The fourth-order valence-corrected chi connectivity index (χ4v) is 2.98. The van der Waals surface area contributed by atoms with Crippen molar-refractivity contribution in [1.82, 2.24) is 15.1 Å². The van der Waals surface area contributed by atoms with Gasteiger partial charge in [0.25, 0.3) is 0 Å². The third-order valence-corrected chi connectivity index (χ3v) is 4.58. The quantitative estimate of drug-likeness (QED) is 0.704. The number of anilines is 1. The van der Waals surface area contributed by atoms with Crippen molar-refractivity contribution in [1.29, 1.82) is 0 Å². The lowest BCUT2D eigenvalue weighted by molar-refractivity contribution is -0.126. The van der Waals surface area contributed by atoms with E-state index in [2.05, 4.69) is 15.1 Å². The van der Waals surface area contributed by atoms with E-state index in [9.17, 15) is 4.79 Å². The molecular weight excluding hydrogens is 360 g/mol. The summed E-state index contributed by atoms with van der Waals surface area (Å²) in [7, 11) is 4.74. The van der Waals surface area contributed by atoms with Gasteiger partial charge in [-0.15, -0.1) is 10.2 Å². The zero-order valence-electron chi connectivity index (χ0n) is 16.3. The molecule has 2 heterocycles. The Hall–Kier alpha value is -3.29. The summed E-state index contributed by atoms with van der Waals surface area (Å²) in [6, 6.07) is 9.19. The van der Waals surface area contributed by atoms with Crippen molar-refractivity contribution in [3.63, 3.8) is 0 Å². The highest BCUT2D eigenvalue weighted by Gasteiger charge is 2.20. The van der Waals surface area contributed by atoms with Gasteiger partial charge in [-0.25, -0.2) is 0 Å². The second kappa shape index (κ2) is 9.07. The van der Waals surface area contributed by atoms with Crippen molar-refractivity contribution in [2.75, 3.05) is 52.4 Å². The van der Waals surface area contributed by atoms with Gasteiger partial charge in [0.2, 0.25) is 11.8 Å². The number of hydrogen-bond donors (Lipinski definition) is 0. The van der Waals surface area contributed by atoms with Crippen molar-refractivity contribution in [2.24, 2.45) is 0 Å². The summed E-state index contributed by atoms with van der Waals surface area (Å²) in [4.78, 5) is 16.4. The van der Waals surface area contributed by atoms with Gasteiger partial charge < -0.3 is 24.0 Å². The van der Waals surface area contributed by atoms with E-state index in [4.69, 9.17) is 14.2 Å². The highest BCUT2D eigenvalue weighted by Crippen LogP contribution is 2.28. The van der Waals surface area contributed by atoms with E-state index in [0.29, 0.717) is 43.6 Å². The number of benzene rings is 1. The van der Waals surface area contributed by atoms with Crippen LogP contribution in [0, 0.1) is 0 Å². The number of nitrogens with zero attached hydrogens (tertiary/aromatic N) is 4. The topological polar surface area (TPSA) is 77.0 Å². The maximum Gasteiger partial charge on any atom is 0.246 e. The van der Waals surface area contributed by atoms with Crippen LogP contribution in [0.1, 0.15) is 5.56 Å². The van der Waals surface area contributed by atoms with Gasteiger partial charge in [-0.05, 0) is 29.8 Å². The average molecular weight is 384 g/mol. The minimum Gasteiger partial charge on any atom is -0.493 e. The number of carbonyl (C=O) groups is 1. The molecule has 1 aliphatic heterocycles. The van der Waals surface area contributed by atoms with Crippen molar-refractivity contribution < 1.29 is 19.0 Å². The van der Waals surface area contributed by atoms with Crippen molar-refractivity contribution >= 4 is 17.8 Å². The summed E-state index contributed by atoms with van der Waals surface area (Å²) in [5, 5.41) is 8.15. The molecule has 1 amide bonds. The first-order chi connectivity index (χ1) is 13.6. The molecule has 1 aliphatic rings. The largest absolute Gasteiger partial charge is 0.493 e. The third kappa shape index (κ3) is 4.51. The van der Waals surface area contributed by atoms with Crippen LogP contribution in [0.15, 0.2) is 36.4 Å². The predicted octanol–water partition coefficient (Wildman–Crippen LogP) is 1.86. The van der Waals surface area contributed by atoms with Crippen LogP contribution in [0.25, 0.3) is 6.08 Å². The molecule has 0 N–H and O–H groups in total. The van der Waals surface area contributed by atoms with E-state index in [0.717, 1.165) is 11.4 Å². The van der Waals surface area contributed by atoms with Gasteiger partial charge in [-0.2, -0.15) is 0 Å². The van der Waals surface area contributed by atoms with Gasteiger partial charge in [0.15, 0.2) is 17.3 Å². The Kier molecular flexibility index (Phi) is 6.31. The summed E-state index contributed by atoms with van der Waals surface area (Å²) in [5.41, 5.74) is 0.873.